The van der Waals surface area contributed by atoms with Gasteiger partial charge >= 0.3 is 5.63 Å². The van der Waals surface area contributed by atoms with Gasteiger partial charge in [0.25, 0.3) is 5.91 Å². The molecule has 0 unspecified atom stereocenters. The first kappa shape index (κ1) is 22.4. The average Bonchev–Trinajstić information content (AvgIpc) is 3.38. The van der Waals surface area contributed by atoms with Gasteiger partial charge in [0.1, 0.15) is 11.3 Å². The highest BCUT2D eigenvalue weighted by atomic mass is 16.5. The number of ether oxygens (including phenoxy) is 1. The molecule has 3 aliphatic rings. The van der Waals surface area contributed by atoms with Crippen LogP contribution in [0.25, 0.3) is 11.0 Å². The van der Waals surface area contributed by atoms with Crippen LogP contribution in [0.15, 0.2) is 57.7 Å². The van der Waals surface area contributed by atoms with Crippen LogP contribution in [-0.2, 0) is 17.6 Å². The van der Waals surface area contributed by atoms with Crippen molar-refractivity contribution in [2.75, 3.05) is 13.2 Å². The number of rotatable bonds is 4. The standard InChI is InChI=1S/C29H31NO5/c31-26(18-34-20-12-13-22-21-9-6-10-23(21)28(32)35-25(22)17-20)30-16-15-29(33)14-5-4-11-24(29)27(30)19-7-2-1-3-8-19/h1-3,7-8,12-13,17,24,27,33H,4-6,9-11,14-16,18H2/t24-,27-,29-/m0/s1. The van der Waals surface area contributed by atoms with Crippen molar-refractivity contribution in [3.8, 4) is 5.75 Å². The van der Waals surface area contributed by atoms with Gasteiger partial charge in [-0.3, -0.25) is 4.79 Å². The first-order valence-electron chi connectivity index (χ1n) is 12.8. The summed E-state index contributed by atoms with van der Waals surface area (Å²) in [6.45, 7) is 0.405. The van der Waals surface area contributed by atoms with E-state index in [2.05, 4.69) is 12.1 Å². The van der Waals surface area contributed by atoms with Crippen molar-refractivity contribution in [1.82, 2.24) is 4.90 Å². The first-order chi connectivity index (χ1) is 17.0. The number of aliphatic hydroxyl groups is 1. The fourth-order valence-electron chi connectivity index (χ4n) is 6.61. The summed E-state index contributed by atoms with van der Waals surface area (Å²) in [4.78, 5) is 27.7. The third kappa shape index (κ3) is 3.94. The Morgan fingerprint density at radius 2 is 1.89 bits per heavy atom. The zero-order valence-corrected chi connectivity index (χ0v) is 19.9. The van der Waals surface area contributed by atoms with E-state index < -0.39 is 5.60 Å². The summed E-state index contributed by atoms with van der Waals surface area (Å²) in [5, 5.41) is 12.4. The van der Waals surface area contributed by atoms with Gasteiger partial charge in [0.05, 0.1) is 11.6 Å². The number of benzene rings is 2. The monoisotopic (exact) mass is 473 g/mol. The van der Waals surface area contributed by atoms with Crippen LogP contribution in [0.2, 0.25) is 0 Å². The molecule has 0 radical (unpaired) electrons. The molecule has 3 atom stereocenters. The number of hydrogen-bond donors (Lipinski definition) is 1. The van der Waals surface area contributed by atoms with Crippen molar-refractivity contribution in [2.24, 2.45) is 5.92 Å². The molecule has 2 aromatic carbocycles. The molecule has 6 heteroatoms. The molecule has 35 heavy (non-hydrogen) atoms. The lowest BCUT2D eigenvalue weighted by atomic mass is 9.66. The largest absolute Gasteiger partial charge is 0.484 e. The minimum absolute atomic E-state index is 0.0217. The van der Waals surface area contributed by atoms with Gasteiger partial charge in [-0.2, -0.15) is 0 Å². The highest BCUT2D eigenvalue weighted by Crippen LogP contribution is 2.49. The Morgan fingerprint density at radius 1 is 1.06 bits per heavy atom. The molecular weight excluding hydrogens is 442 g/mol. The molecule has 182 valence electrons. The van der Waals surface area contributed by atoms with Gasteiger partial charge in [-0.25, -0.2) is 4.79 Å². The Kier molecular flexibility index (Phi) is 5.64. The zero-order chi connectivity index (χ0) is 24.0. The molecule has 1 saturated heterocycles. The van der Waals surface area contributed by atoms with Crippen LogP contribution in [0.3, 0.4) is 0 Å². The van der Waals surface area contributed by atoms with Gasteiger partial charge in [-0.15, -0.1) is 0 Å². The quantitative estimate of drug-likeness (QED) is 0.562. The first-order valence-corrected chi connectivity index (χ1v) is 12.8. The molecule has 1 aromatic heterocycles. The van der Waals surface area contributed by atoms with Gasteiger partial charge < -0.3 is 19.2 Å². The fourth-order valence-corrected chi connectivity index (χ4v) is 6.61. The molecule has 6 rings (SSSR count). The summed E-state index contributed by atoms with van der Waals surface area (Å²) in [6, 6.07) is 15.4. The van der Waals surface area contributed by atoms with Crippen LogP contribution in [0.1, 0.15) is 61.3 Å². The Bertz CT molecular complexity index is 1320. The molecule has 1 N–H and O–H groups in total. The van der Waals surface area contributed by atoms with Gasteiger partial charge in [0.15, 0.2) is 6.61 Å². The third-order valence-electron chi connectivity index (χ3n) is 8.34. The minimum atomic E-state index is -0.716. The molecule has 0 bridgehead atoms. The second-order valence-electron chi connectivity index (χ2n) is 10.3. The van der Waals surface area contributed by atoms with E-state index in [0.29, 0.717) is 24.3 Å². The lowest BCUT2D eigenvalue weighted by Gasteiger charge is -2.52. The number of amides is 1. The van der Waals surface area contributed by atoms with Crippen molar-refractivity contribution in [3.05, 3.63) is 75.6 Å². The fraction of sp³-hybridized carbons (Fsp3) is 0.448. The Labute approximate surface area is 204 Å². The maximum Gasteiger partial charge on any atom is 0.339 e. The van der Waals surface area contributed by atoms with Crippen molar-refractivity contribution >= 4 is 16.9 Å². The predicted molar refractivity (Wildman–Crippen MR) is 132 cm³/mol. The van der Waals surface area contributed by atoms with Crippen LogP contribution in [0, 0.1) is 5.92 Å². The minimum Gasteiger partial charge on any atom is -0.484 e. The third-order valence-corrected chi connectivity index (χ3v) is 8.34. The second kappa shape index (κ2) is 8.83. The van der Waals surface area contributed by atoms with E-state index in [0.717, 1.165) is 67.0 Å². The topological polar surface area (TPSA) is 80.0 Å². The summed E-state index contributed by atoms with van der Waals surface area (Å²) < 4.78 is 11.5. The number of likely N-dealkylation sites (tertiary alicyclic amines) is 1. The summed E-state index contributed by atoms with van der Waals surface area (Å²) in [7, 11) is 0. The van der Waals surface area contributed by atoms with Crippen LogP contribution in [-0.4, -0.2) is 34.7 Å². The van der Waals surface area contributed by atoms with Crippen molar-refractivity contribution in [3.63, 3.8) is 0 Å². The number of carbonyl (C=O) groups is 1. The summed E-state index contributed by atoms with van der Waals surface area (Å²) in [5.41, 5.74) is 2.46. The predicted octanol–water partition coefficient (Wildman–Crippen LogP) is 4.56. The van der Waals surface area contributed by atoms with Crippen molar-refractivity contribution in [1.29, 1.82) is 0 Å². The van der Waals surface area contributed by atoms with Crippen molar-refractivity contribution in [2.45, 2.75) is 63.0 Å². The smallest absolute Gasteiger partial charge is 0.339 e. The Morgan fingerprint density at radius 3 is 2.74 bits per heavy atom. The lowest BCUT2D eigenvalue weighted by molar-refractivity contribution is -0.157. The SMILES string of the molecule is O=C(COc1ccc2c3c(c(=O)oc2c1)CCC3)N1CC[C@@]2(O)CCCC[C@H]2[C@@H]1c1ccccc1. The summed E-state index contributed by atoms with van der Waals surface area (Å²) >= 11 is 0. The normalized spacial score (nSPS) is 25.8. The second-order valence-corrected chi connectivity index (χ2v) is 10.3. The Hall–Kier alpha value is -3.12. The number of hydrogen-bond acceptors (Lipinski definition) is 5. The molecule has 0 spiro atoms. The summed E-state index contributed by atoms with van der Waals surface area (Å²) in [6.07, 6.45) is 7.04. The number of nitrogens with zero attached hydrogens (tertiary/aromatic N) is 1. The molecule has 2 heterocycles. The number of carbonyl (C=O) groups excluding carboxylic acids is 1. The maximum absolute atomic E-state index is 13.5. The van der Waals surface area contributed by atoms with Crippen LogP contribution >= 0.6 is 0 Å². The van der Waals surface area contributed by atoms with Crippen molar-refractivity contribution < 1.29 is 19.1 Å². The van der Waals surface area contributed by atoms with Gasteiger partial charge in [0, 0.05) is 29.5 Å². The van der Waals surface area contributed by atoms with Crippen LogP contribution < -0.4 is 10.4 Å². The molecule has 6 nitrogen and oxygen atoms in total. The molecule has 1 saturated carbocycles. The van der Waals surface area contributed by atoms with E-state index >= 15 is 0 Å². The van der Waals surface area contributed by atoms with E-state index in [1.807, 2.05) is 35.2 Å². The number of piperidine rings is 1. The van der Waals surface area contributed by atoms with E-state index in [1.54, 1.807) is 6.07 Å². The van der Waals surface area contributed by atoms with E-state index in [4.69, 9.17) is 9.15 Å². The highest BCUT2D eigenvalue weighted by molar-refractivity contribution is 5.83. The Balaban J connectivity index is 1.24. The highest BCUT2D eigenvalue weighted by Gasteiger charge is 2.50. The molecule has 1 amide bonds. The van der Waals surface area contributed by atoms with E-state index in [9.17, 15) is 14.7 Å². The van der Waals surface area contributed by atoms with E-state index in [1.165, 1.54) is 0 Å². The van der Waals surface area contributed by atoms with Crippen LogP contribution in [0.4, 0.5) is 0 Å². The lowest BCUT2D eigenvalue weighted by Crippen LogP contribution is -2.56. The molecule has 1 aliphatic heterocycles. The molecule has 2 aliphatic carbocycles. The number of fused-ring (bicyclic) bond motifs is 4. The molecule has 3 aromatic rings. The average molecular weight is 474 g/mol. The summed E-state index contributed by atoms with van der Waals surface area (Å²) in [5.74, 6) is 0.435. The molecular formula is C29H31NO5. The van der Waals surface area contributed by atoms with Crippen LogP contribution in [0.5, 0.6) is 5.75 Å². The van der Waals surface area contributed by atoms with E-state index in [-0.39, 0.29) is 30.1 Å². The van der Waals surface area contributed by atoms with Gasteiger partial charge in [-0.1, -0.05) is 43.2 Å². The van der Waals surface area contributed by atoms with Gasteiger partial charge in [-0.05, 0) is 61.8 Å². The zero-order valence-electron chi connectivity index (χ0n) is 19.9. The maximum atomic E-state index is 13.5. The number of aryl methyl sites for hydroxylation is 1. The molecule has 2 fully saturated rings. The van der Waals surface area contributed by atoms with Gasteiger partial charge in [0.2, 0.25) is 0 Å².